The molecule has 4 nitrogen and oxygen atoms in total. The average Bonchev–Trinajstić information content (AvgIpc) is 2.94. The van der Waals surface area contributed by atoms with Gasteiger partial charge in [0.1, 0.15) is 0 Å². The molecule has 1 saturated carbocycles. The Hall–Kier alpha value is -0.610. The van der Waals surface area contributed by atoms with Gasteiger partial charge in [0.15, 0.2) is 0 Å². The monoisotopic (exact) mass is 297 g/mol. The summed E-state index contributed by atoms with van der Waals surface area (Å²) in [5.74, 6) is 0.168. The molecular weight excluding hydrogens is 262 g/mol. The Kier molecular flexibility index (Phi) is 7.14. The van der Waals surface area contributed by atoms with Crippen molar-refractivity contribution >= 4 is 5.91 Å². The topological polar surface area (TPSA) is 58.4 Å². The number of likely N-dealkylation sites (N-methyl/N-ethyl adjacent to an activating group) is 1. The molecule has 124 valence electrons. The number of rotatable bonds is 9. The predicted molar refractivity (Wildman–Crippen MR) is 89.2 cm³/mol. The minimum Gasteiger partial charge on any atom is -0.354 e. The maximum Gasteiger partial charge on any atom is 0.227 e. The lowest BCUT2D eigenvalue weighted by molar-refractivity contribution is -0.132. The molecule has 0 spiro atoms. The molecule has 0 saturated heterocycles. The highest BCUT2D eigenvalue weighted by Crippen LogP contribution is 2.34. The van der Waals surface area contributed by atoms with Gasteiger partial charge in [0, 0.05) is 18.6 Å². The second kappa shape index (κ2) is 8.14. The van der Waals surface area contributed by atoms with Crippen LogP contribution in [0, 0.1) is 5.41 Å². The molecule has 0 radical (unpaired) electrons. The van der Waals surface area contributed by atoms with E-state index in [0.29, 0.717) is 6.54 Å². The summed E-state index contributed by atoms with van der Waals surface area (Å²) in [6.07, 6.45) is 8.66. The Morgan fingerprint density at radius 2 is 1.71 bits per heavy atom. The van der Waals surface area contributed by atoms with Gasteiger partial charge in [-0.15, -0.1) is 0 Å². The van der Waals surface area contributed by atoms with Crippen LogP contribution in [0.5, 0.6) is 0 Å². The molecule has 0 aromatic carbocycles. The van der Waals surface area contributed by atoms with Crippen LogP contribution in [0.1, 0.15) is 65.2 Å². The third kappa shape index (κ3) is 4.19. The quantitative estimate of drug-likeness (QED) is 0.687. The van der Waals surface area contributed by atoms with E-state index in [1.54, 1.807) is 0 Å². The van der Waals surface area contributed by atoms with Crippen molar-refractivity contribution in [3.8, 4) is 0 Å². The number of hydrogen-bond donors (Lipinski definition) is 2. The van der Waals surface area contributed by atoms with E-state index < -0.39 is 0 Å². The van der Waals surface area contributed by atoms with Gasteiger partial charge in [-0.25, -0.2) is 0 Å². The van der Waals surface area contributed by atoms with Gasteiger partial charge >= 0.3 is 0 Å². The molecule has 4 heteroatoms. The molecule has 1 aliphatic carbocycles. The lowest BCUT2D eigenvalue weighted by Crippen LogP contribution is -2.54. The SMILES string of the molecule is CCCC(CN)(CCC)C(=O)NCC1(N(C)C)CCCC1. The van der Waals surface area contributed by atoms with E-state index in [9.17, 15) is 4.79 Å². The van der Waals surface area contributed by atoms with Gasteiger partial charge in [0.2, 0.25) is 5.91 Å². The van der Waals surface area contributed by atoms with E-state index >= 15 is 0 Å². The smallest absolute Gasteiger partial charge is 0.227 e. The maximum atomic E-state index is 12.8. The number of carbonyl (C=O) groups excluding carboxylic acids is 1. The fraction of sp³-hybridized carbons (Fsp3) is 0.941. The molecule has 1 rings (SSSR count). The van der Waals surface area contributed by atoms with Crippen molar-refractivity contribution in [3.63, 3.8) is 0 Å². The number of carbonyl (C=O) groups is 1. The molecule has 1 aliphatic rings. The number of nitrogens with two attached hydrogens (primary N) is 1. The summed E-state index contributed by atoms with van der Waals surface area (Å²) in [7, 11) is 4.26. The number of hydrogen-bond acceptors (Lipinski definition) is 3. The molecule has 21 heavy (non-hydrogen) atoms. The minimum atomic E-state index is -0.365. The summed E-state index contributed by atoms with van der Waals surface area (Å²) >= 11 is 0. The van der Waals surface area contributed by atoms with Crippen molar-refractivity contribution in [1.82, 2.24) is 10.2 Å². The van der Waals surface area contributed by atoms with Crippen LogP contribution in [0.15, 0.2) is 0 Å². The number of nitrogens with one attached hydrogen (secondary N) is 1. The summed E-state index contributed by atoms with van der Waals surface area (Å²) in [6, 6.07) is 0. The Balaban J connectivity index is 2.72. The molecule has 0 bridgehead atoms. The lowest BCUT2D eigenvalue weighted by atomic mass is 9.78. The van der Waals surface area contributed by atoms with Crippen molar-refractivity contribution in [2.45, 2.75) is 70.8 Å². The van der Waals surface area contributed by atoms with Gasteiger partial charge in [-0.05, 0) is 39.8 Å². The van der Waals surface area contributed by atoms with Crippen molar-refractivity contribution in [2.24, 2.45) is 11.1 Å². The van der Waals surface area contributed by atoms with Crippen molar-refractivity contribution in [3.05, 3.63) is 0 Å². The van der Waals surface area contributed by atoms with Gasteiger partial charge in [-0.2, -0.15) is 0 Å². The molecule has 0 heterocycles. The molecule has 0 unspecified atom stereocenters. The van der Waals surface area contributed by atoms with Gasteiger partial charge in [-0.3, -0.25) is 4.79 Å². The van der Waals surface area contributed by atoms with E-state index in [4.69, 9.17) is 5.73 Å². The maximum absolute atomic E-state index is 12.8. The van der Waals surface area contributed by atoms with Crippen LogP contribution < -0.4 is 11.1 Å². The standard InChI is InChI=1S/C17H35N3O/c1-5-9-16(13-18,10-6-2)15(21)19-14-17(20(3)4)11-7-8-12-17/h5-14,18H2,1-4H3,(H,19,21). The summed E-state index contributed by atoms with van der Waals surface area (Å²) < 4.78 is 0. The highest BCUT2D eigenvalue weighted by Gasteiger charge is 2.39. The molecule has 0 atom stereocenters. The van der Waals surface area contributed by atoms with Crippen LogP contribution in [0.25, 0.3) is 0 Å². The highest BCUT2D eigenvalue weighted by atomic mass is 16.2. The molecular formula is C17H35N3O. The Morgan fingerprint density at radius 1 is 1.19 bits per heavy atom. The fourth-order valence-electron chi connectivity index (χ4n) is 3.85. The summed E-state index contributed by atoms with van der Waals surface area (Å²) in [4.78, 5) is 15.1. The van der Waals surface area contributed by atoms with Gasteiger partial charge in [0.05, 0.1) is 5.41 Å². The van der Waals surface area contributed by atoms with E-state index in [1.807, 2.05) is 0 Å². The Bertz CT molecular complexity index is 316. The molecule has 0 aromatic rings. The zero-order valence-corrected chi connectivity index (χ0v) is 14.5. The second-order valence-corrected chi connectivity index (χ2v) is 6.99. The first-order valence-corrected chi connectivity index (χ1v) is 8.62. The van der Waals surface area contributed by atoms with Gasteiger partial charge < -0.3 is 16.0 Å². The molecule has 3 N–H and O–H groups in total. The van der Waals surface area contributed by atoms with E-state index in [2.05, 4.69) is 38.2 Å². The van der Waals surface area contributed by atoms with Crippen molar-refractivity contribution in [1.29, 1.82) is 0 Å². The summed E-state index contributed by atoms with van der Waals surface area (Å²) in [5.41, 5.74) is 5.77. The molecule has 0 aliphatic heterocycles. The predicted octanol–water partition coefficient (Wildman–Crippen LogP) is 2.52. The van der Waals surface area contributed by atoms with Gasteiger partial charge in [-0.1, -0.05) is 39.5 Å². The number of amides is 1. The fourth-order valence-corrected chi connectivity index (χ4v) is 3.85. The second-order valence-electron chi connectivity index (χ2n) is 6.99. The first kappa shape index (κ1) is 18.4. The van der Waals surface area contributed by atoms with Crippen molar-refractivity contribution in [2.75, 3.05) is 27.2 Å². The van der Waals surface area contributed by atoms with Crippen LogP contribution in [0.3, 0.4) is 0 Å². The average molecular weight is 297 g/mol. The lowest BCUT2D eigenvalue weighted by Gasteiger charge is -2.38. The van der Waals surface area contributed by atoms with Crippen LogP contribution in [-0.2, 0) is 4.79 Å². The van der Waals surface area contributed by atoms with Crippen LogP contribution in [-0.4, -0.2) is 43.5 Å². The number of nitrogens with zero attached hydrogens (tertiary/aromatic N) is 1. The van der Waals surface area contributed by atoms with E-state index in [1.165, 1.54) is 25.7 Å². The zero-order valence-electron chi connectivity index (χ0n) is 14.5. The molecule has 1 amide bonds. The normalized spacial score (nSPS) is 18.2. The first-order chi connectivity index (χ1) is 9.96. The van der Waals surface area contributed by atoms with E-state index in [0.717, 1.165) is 32.2 Å². The highest BCUT2D eigenvalue weighted by molar-refractivity contribution is 5.83. The Morgan fingerprint density at radius 3 is 2.10 bits per heavy atom. The third-order valence-corrected chi connectivity index (χ3v) is 5.39. The first-order valence-electron chi connectivity index (χ1n) is 8.62. The largest absolute Gasteiger partial charge is 0.354 e. The summed E-state index contributed by atoms with van der Waals surface area (Å²) in [6.45, 7) is 5.47. The zero-order chi connectivity index (χ0) is 15.9. The third-order valence-electron chi connectivity index (χ3n) is 5.39. The van der Waals surface area contributed by atoms with E-state index in [-0.39, 0.29) is 16.9 Å². The Labute approximate surface area is 130 Å². The van der Waals surface area contributed by atoms with Crippen LogP contribution >= 0.6 is 0 Å². The van der Waals surface area contributed by atoms with Gasteiger partial charge in [0.25, 0.3) is 0 Å². The molecule has 1 fully saturated rings. The minimum absolute atomic E-state index is 0.147. The van der Waals surface area contributed by atoms with Crippen LogP contribution in [0.2, 0.25) is 0 Å². The molecule has 0 aromatic heterocycles. The van der Waals surface area contributed by atoms with Crippen LogP contribution in [0.4, 0.5) is 0 Å². The van der Waals surface area contributed by atoms with Crippen molar-refractivity contribution < 1.29 is 4.79 Å². The summed E-state index contributed by atoms with van der Waals surface area (Å²) in [5, 5.41) is 3.25.